The van der Waals surface area contributed by atoms with Gasteiger partial charge in [-0.25, -0.2) is 4.98 Å². The number of methoxy groups -OCH3 is 1. The maximum Gasteiger partial charge on any atom is 0.185 e. The monoisotopic (exact) mass is 295 g/mol. The number of piperidine rings is 1. The minimum absolute atomic E-state index is 0.518. The van der Waals surface area contributed by atoms with Crippen molar-refractivity contribution in [3.8, 4) is 0 Å². The number of aryl methyl sites for hydroxylation is 1. The van der Waals surface area contributed by atoms with Crippen LogP contribution in [0.2, 0.25) is 0 Å². The van der Waals surface area contributed by atoms with Crippen LogP contribution in [0.3, 0.4) is 0 Å². The average molecular weight is 295 g/mol. The second-order valence-corrected chi connectivity index (χ2v) is 6.96. The van der Waals surface area contributed by atoms with E-state index < -0.39 is 0 Å². The zero-order chi connectivity index (χ0) is 13.9. The maximum atomic E-state index is 5.33. The Bertz CT molecular complexity index is 446. The highest BCUT2D eigenvalue weighted by Gasteiger charge is 2.27. The number of aromatic nitrogens is 1. The van der Waals surface area contributed by atoms with Gasteiger partial charge in [-0.15, -0.1) is 0 Å². The molecule has 5 heteroatoms. The summed E-state index contributed by atoms with van der Waals surface area (Å²) in [6.07, 6.45) is 6.20. The molecule has 3 rings (SSSR count). The van der Waals surface area contributed by atoms with Gasteiger partial charge in [0.2, 0.25) is 0 Å². The third-order valence-corrected chi connectivity index (χ3v) is 5.75. The summed E-state index contributed by atoms with van der Waals surface area (Å²) in [5.41, 5.74) is 1.34. The molecule has 0 bridgehead atoms. The van der Waals surface area contributed by atoms with E-state index >= 15 is 0 Å². The first-order valence-corrected chi connectivity index (χ1v) is 8.54. The van der Waals surface area contributed by atoms with Gasteiger partial charge in [0, 0.05) is 31.1 Å². The molecule has 2 heterocycles. The van der Waals surface area contributed by atoms with Crippen LogP contribution < -0.4 is 10.2 Å². The van der Waals surface area contributed by atoms with E-state index in [1.807, 2.05) is 11.3 Å². The lowest BCUT2D eigenvalue weighted by molar-refractivity contribution is 0.143. The Morgan fingerprint density at radius 2 is 2.30 bits per heavy atom. The van der Waals surface area contributed by atoms with E-state index in [-0.39, 0.29) is 0 Å². The van der Waals surface area contributed by atoms with Gasteiger partial charge in [0.25, 0.3) is 0 Å². The van der Waals surface area contributed by atoms with Gasteiger partial charge in [0.05, 0.1) is 12.3 Å². The Morgan fingerprint density at radius 1 is 1.40 bits per heavy atom. The standard InChI is InChI=1S/C15H25N3OS/c1-16-12-6-3-7-13-14(12)20-15(17-13)18-8-4-5-11(9-18)10-19-2/h11-12,16H,3-10H2,1-2H3. The zero-order valence-electron chi connectivity index (χ0n) is 12.5. The highest BCUT2D eigenvalue weighted by molar-refractivity contribution is 7.15. The summed E-state index contributed by atoms with van der Waals surface area (Å²) >= 11 is 1.91. The first-order valence-electron chi connectivity index (χ1n) is 7.72. The molecule has 1 fully saturated rings. The molecule has 0 saturated carbocycles. The number of fused-ring (bicyclic) bond motifs is 1. The van der Waals surface area contributed by atoms with Crippen LogP contribution in [0.15, 0.2) is 0 Å². The molecular weight excluding hydrogens is 270 g/mol. The van der Waals surface area contributed by atoms with Crippen molar-refractivity contribution in [1.29, 1.82) is 0 Å². The molecule has 112 valence electrons. The number of ether oxygens (including phenoxy) is 1. The number of thiazole rings is 1. The van der Waals surface area contributed by atoms with E-state index in [9.17, 15) is 0 Å². The van der Waals surface area contributed by atoms with E-state index in [4.69, 9.17) is 9.72 Å². The molecule has 1 N–H and O–H groups in total. The third kappa shape index (κ3) is 2.85. The molecule has 1 aromatic heterocycles. The van der Waals surface area contributed by atoms with E-state index in [0.717, 1.165) is 26.1 Å². The van der Waals surface area contributed by atoms with E-state index in [2.05, 4.69) is 17.3 Å². The predicted octanol–water partition coefficient (Wildman–Crippen LogP) is 2.60. The Balaban J connectivity index is 1.75. The van der Waals surface area contributed by atoms with Gasteiger partial charge in [-0.3, -0.25) is 0 Å². The van der Waals surface area contributed by atoms with Gasteiger partial charge in [0.1, 0.15) is 0 Å². The summed E-state index contributed by atoms with van der Waals surface area (Å²) in [6, 6.07) is 0.518. The van der Waals surface area contributed by atoms with Gasteiger partial charge >= 0.3 is 0 Å². The molecule has 1 aliphatic carbocycles. The fourth-order valence-electron chi connectivity index (χ4n) is 3.43. The number of hydrogen-bond donors (Lipinski definition) is 1. The zero-order valence-corrected chi connectivity index (χ0v) is 13.3. The molecule has 1 aromatic rings. The highest BCUT2D eigenvalue weighted by atomic mass is 32.1. The lowest BCUT2D eigenvalue weighted by Gasteiger charge is -2.32. The average Bonchev–Trinajstić information content (AvgIpc) is 2.92. The van der Waals surface area contributed by atoms with Crippen LogP contribution in [-0.4, -0.2) is 38.8 Å². The molecule has 4 nitrogen and oxygen atoms in total. The SMILES string of the molecule is CNC1CCCc2nc(N3CCCC(COC)C3)sc21. The van der Waals surface area contributed by atoms with E-state index in [1.54, 1.807) is 7.11 Å². The number of hydrogen-bond acceptors (Lipinski definition) is 5. The van der Waals surface area contributed by atoms with Gasteiger partial charge in [-0.1, -0.05) is 11.3 Å². The summed E-state index contributed by atoms with van der Waals surface area (Å²) in [5.74, 6) is 0.662. The molecule has 20 heavy (non-hydrogen) atoms. The van der Waals surface area contributed by atoms with Crippen LogP contribution in [0.1, 0.15) is 42.3 Å². The lowest BCUT2D eigenvalue weighted by Crippen LogP contribution is -2.37. The fraction of sp³-hybridized carbons (Fsp3) is 0.800. The molecular formula is C15H25N3OS. The van der Waals surface area contributed by atoms with E-state index in [0.29, 0.717) is 12.0 Å². The molecule has 1 saturated heterocycles. The molecule has 0 radical (unpaired) electrons. The Kier molecular flexibility index (Phi) is 4.58. The lowest BCUT2D eigenvalue weighted by atomic mass is 9.98. The van der Waals surface area contributed by atoms with Gasteiger partial charge in [0.15, 0.2) is 5.13 Å². The van der Waals surface area contributed by atoms with Crippen molar-refractivity contribution in [1.82, 2.24) is 10.3 Å². The summed E-state index contributed by atoms with van der Waals surface area (Å²) in [5, 5.41) is 4.67. The summed E-state index contributed by atoms with van der Waals surface area (Å²) < 4.78 is 5.33. The van der Waals surface area contributed by atoms with Gasteiger partial charge < -0.3 is 15.0 Å². The smallest absolute Gasteiger partial charge is 0.185 e. The summed E-state index contributed by atoms with van der Waals surface area (Å²) in [4.78, 5) is 8.88. The first-order chi connectivity index (χ1) is 9.81. The van der Waals surface area contributed by atoms with E-state index in [1.165, 1.54) is 41.4 Å². The number of rotatable bonds is 4. The Hall–Kier alpha value is -0.650. The number of anilines is 1. The topological polar surface area (TPSA) is 37.4 Å². The molecule has 0 amide bonds. The van der Waals surface area contributed by atoms with Crippen molar-refractivity contribution in [3.05, 3.63) is 10.6 Å². The van der Waals surface area contributed by atoms with Gasteiger partial charge in [-0.05, 0) is 45.1 Å². The van der Waals surface area contributed by atoms with Crippen molar-refractivity contribution in [2.75, 3.05) is 38.8 Å². The number of nitrogens with zero attached hydrogens (tertiary/aromatic N) is 2. The third-order valence-electron chi connectivity index (χ3n) is 4.48. The highest BCUT2D eigenvalue weighted by Crippen LogP contribution is 2.38. The van der Waals surface area contributed by atoms with Crippen molar-refractivity contribution < 1.29 is 4.74 Å². The molecule has 2 atom stereocenters. The number of nitrogens with one attached hydrogen (secondary N) is 1. The van der Waals surface area contributed by atoms with Crippen LogP contribution >= 0.6 is 11.3 Å². The molecule has 0 aromatic carbocycles. The Morgan fingerprint density at radius 3 is 3.10 bits per heavy atom. The minimum atomic E-state index is 0.518. The second kappa shape index (κ2) is 6.41. The van der Waals surface area contributed by atoms with Crippen molar-refractivity contribution in [2.45, 2.75) is 38.1 Å². The molecule has 1 aliphatic heterocycles. The Labute approximate surface area is 125 Å². The first kappa shape index (κ1) is 14.3. The van der Waals surface area contributed by atoms with Crippen LogP contribution in [0.4, 0.5) is 5.13 Å². The van der Waals surface area contributed by atoms with Crippen LogP contribution in [0, 0.1) is 5.92 Å². The predicted molar refractivity (Wildman–Crippen MR) is 83.7 cm³/mol. The molecule has 2 aliphatic rings. The summed E-state index contributed by atoms with van der Waals surface area (Å²) in [6.45, 7) is 3.13. The van der Waals surface area contributed by atoms with Crippen molar-refractivity contribution >= 4 is 16.5 Å². The molecule has 0 spiro atoms. The second-order valence-electron chi connectivity index (χ2n) is 5.95. The largest absolute Gasteiger partial charge is 0.384 e. The quantitative estimate of drug-likeness (QED) is 0.926. The normalized spacial score (nSPS) is 26.6. The minimum Gasteiger partial charge on any atom is -0.384 e. The van der Waals surface area contributed by atoms with Crippen molar-refractivity contribution in [2.24, 2.45) is 5.92 Å². The fourth-order valence-corrected chi connectivity index (χ4v) is 4.72. The van der Waals surface area contributed by atoms with Crippen LogP contribution in [-0.2, 0) is 11.2 Å². The van der Waals surface area contributed by atoms with Crippen LogP contribution in [0.25, 0.3) is 0 Å². The van der Waals surface area contributed by atoms with Gasteiger partial charge in [-0.2, -0.15) is 0 Å². The van der Waals surface area contributed by atoms with Crippen molar-refractivity contribution in [3.63, 3.8) is 0 Å². The molecule has 2 unspecified atom stereocenters. The van der Waals surface area contributed by atoms with Crippen LogP contribution in [0.5, 0.6) is 0 Å². The maximum absolute atomic E-state index is 5.33. The summed E-state index contributed by atoms with van der Waals surface area (Å²) in [7, 11) is 3.87.